The van der Waals surface area contributed by atoms with Crippen LogP contribution in [0.15, 0.2) is 18.2 Å². The molecular formula is C19H27FN2O. The van der Waals surface area contributed by atoms with Crippen molar-refractivity contribution in [1.29, 1.82) is 0 Å². The second-order valence-corrected chi connectivity index (χ2v) is 7.51. The molecule has 2 aliphatic rings. The summed E-state index contributed by atoms with van der Waals surface area (Å²) in [6, 6.07) is 5.73. The van der Waals surface area contributed by atoms with Gasteiger partial charge in [0.15, 0.2) is 0 Å². The van der Waals surface area contributed by atoms with E-state index in [2.05, 4.69) is 24.1 Å². The van der Waals surface area contributed by atoms with Gasteiger partial charge in [0, 0.05) is 17.8 Å². The maximum Gasteiger partial charge on any atom is 0.229 e. The highest BCUT2D eigenvalue weighted by molar-refractivity contribution is 5.93. The Morgan fingerprint density at radius 1 is 1.39 bits per heavy atom. The molecule has 3 atom stereocenters. The Kier molecular flexibility index (Phi) is 4.72. The smallest absolute Gasteiger partial charge is 0.229 e. The van der Waals surface area contributed by atoms with Gasteiger partial charge in [-0.1, -0.05) is 13.8 Å². The van der Waals surface area contributed by atoms with Crippen LogP contribution in [0.3, 0.4) is 0 Å². The van der Waals surface area contributed by atoms with Crippen LogP contribution in [0.1, 0.15) is 45.1 Å². The Morgan fingerprint density at radius 2 is 2.17 bits per heavy atom. The van der Waals surface area contributed by atoms with E-state index in [1.807, 2.05) is 0 Å². The molecule has 0 saturated carbocycles. The SMILES string of the molecule is Cc1cc(NC(=O)[C@H]2C[C@@H]3CC[C@H]2N3CCC(C)C)ccc1F. The van der Waals surface area contributed by atoms with Crippen LogP contribution in [0.25, 0.3) is 0 Å². The zero-order valence-electron chi connectivity index (χ0n) is 14.3. The highest BCUT2D eigenvalue weighted by atomic mass is 19.1. The lowest BCUT2D eigenvalue weighted by Gasteiger charge is -2.24. The molecule has 0 aromatic heterocycles. The van der Waals surface area contributed by atoms with Gasteiger partial charge in [-0.3, -0.25) is 9.69 Å². The van der Waals surface area contributed by atoms with Gasteiger partial charge in [-0.05, 0) is 68.8 Å². The summed E-state index contributed by atoms with van der Waals surface area (Å²) in [4.78, 5) is 15.2. The number of fused-ring (bicyclic) bond motifs is 2. The Bertz CT molecular complexity index is 587. The summed E-state index contributed by atoms with van der Waals surface area (Å²) in [5.41, 5.74) is 1.26. The van der Waals surface area contributed by atoms with E-state index < -0.39 is 0 Å². The average Bonchev–Trinajstić information content (AvgIpc) is 3.05. The molecule has 126 valence electrons. The van der Waals surface area contributed by atoms with Gasteiger partial charge < -0.3 is 5.32 Å². The van der Waals surface area contributed by atoms with Gasteiger partial charge in [-0.25, -0.2) is 4.39 Å². The van der Waals surface area contributed by atoms with Crippen molar-refractivity contribution in [3.63, 3.8) is 0 Å². The summed E-state index contributed by atoms with van der Waals surface area (Å²) in [7, 11) is 0. The van der Waals surface area contributed by atoms with Crippen LogP contribution in [0, 0.1) is 24.6 Å². The lowest BCUT2D eigenvalue weighted by atomic mass is 9.88. The van der Waals surface area contributed by atoms with Gasteiger partial charge >= 0.3 is 0 Å². The minimum Gasteiger partial charge on any atom is -0.326 e. The molecule has 2 fully saturated rings. The molecule has 2 heterocycles. The first kappa shape index (κ1) is 16.4. The number of hydrogen-bond acceptors (Lipinski definition) is 2. The predicted molar refractivity (Wildman–Crippen MR) is 90.8 cm³/mol. The predicted octanol–water partition coefficient (Wildman–Crippen LogP) is 3.97. The standard InChI is InChI=1S/C19H27FN2O/c1-12(2)8-9-22-15-5-7-18(22)16(11-15)19(23)21-14-4-6-17(20)13(3)10-14/h4,6,10,12,15-16,18H,5,7-9,11H2,1-3H3,(H,21,23)/t15-,16-,18+/m0/s1. The molecule has 0 unspecified atom stereocenters. The molecule has 2 bridgehead atoms. The van der Waals surface area contributed by atoms with Crippen LogP contribution in [0.5, 0.6) is 0 Å². The zero-order chi connectivity index (χ0) is 16.6. The molecule has 1 N–H and O–H groups in total. The van der Waals surface area contributed by atoms with Crippen molar-refractivity contribution < 1.29 is 9.18 Å². The van der Waals surface area contributed by atoms with Crippen molar-refractivity contribution >= 4 is 11.6 Å². The molecule has 0 radical (unpaired) electrons. The number of nitrogens with zero attached hydrogens (tertiary/aromatic N) is 1. The van der Waals surface area contributed by atoms with E-state index in [1.165, 1.54) is 18.9 Å². The van der Waals surface area contributed by atoms with E-state index in [9.17, 15) is 9.18 Å². The number of halogens is 1. The number of carbonyl (C=O) groups excluding carboxylic acids is 1. The molecule has 1 aromatic rings. The van der Waals surface area contributed by atoms with Crippen LogP contribution < -0.4 is 5.32 Å². The molecule has 1 aromatic carbocycles. The fraction of sp³-hybridized carbons (Fsp3) is 0.632. The second kappa shape index (κ2) is 6.60. The summed E-state index contributed by atoms with van der Waals surface area (Å²) in [6.45, 7) is 7.32. The summed E-state index contributed by atoms with van der Waals surface area (Å²) in [5, 5.41) is 2.99. The number of anilines is 1. The number of aryl methyl sites for hydroxylation is 1. The fourth-order valence-electron chi connectivity index (χ4n) is 4.10. The van der Waals surface area contributed by atoms with Gasteiger partial charge in [0.1, 0.15) is 5.82 Å². The summed E-state index contributed by atoms with van der Waals surface area (Å²) in [5.74, 6) is 0.635. The Morgan fingerprint density at radius 3 is 2.87 bits per heavy atom. The van der Waals surface area contributed by atoms with E-state index in [-0.39, 0.29) is 17.6 Å². The molecule has 3 rings (SSSR count). The minimum atomic E-state index is -0.234. The lowest BCUT2D eigenvalue weighted by molar-refractivity contribution is -0.120. The van der Waals surface area contributed by atoms with Crippen molar-refractivity contribution in [3.8, 4) is 0 Å². The van der Waals surface area contributed by atoms with E-state index >= 15 is 0 Å². The van der Waals surface area contributed by atoms with Crippen LogP contribution in [-0.4, -0.2) is 29.4 Å². The first-order chi connectivity index (χ1) is 11.0. The van der Waals surface area contributed by atoms with E-state index in [1.54, 1.807) is 19.1 Å². The largest absolute Gasteiger partial charge is 0.326 e. The number of amides is 1. The van der Waals surface area contributed by atoms with Crippen LogP contribution in [0.4, 0.5) is 10.1 Å². The van der Waals surface area contributed by atoms with Gasteiger partial charge in [-0.15, -0.1) is 0 Å². The molecular weight excluding hydrogens is 291 g/mol. The molecule has 4 heteroatoms. The molecule has 1 amide bonds. The number of rotatable bonds is 5. The monoisotopic (exact) mass is 318 g/mol. The van der Waals surface area contributed by atoms with Crippen molar-refractivity contribution in [1.82, 2.24) is 4.90 Å². The Hall–Kier alpha value is -1.42. The maximum atomic E-state index is 13.3. The summed E-state index contributed by atoms with van der Waals surface area (Å²) < 4.78 is 13.3. The van der Waals surface area contributed by atoms with E-state index in [0.29, 0.717) is 29.3 Å². The number of nitrogens with one attached hydrogen (secondary N) is 1. The maximum absolute atomic E-state index is 13.3. The first-order valence-electron chi connectivity index (χ1n) is 8.78. The third kappa shape index (κ3) is 3.42. The molecule has 0 aliphatic carbocycles. The summed E-state index contributed by atoms with van der Waals surface area (Å²) in [6.07, 6.45) is 4.51. The third-order valence-electron chi connectivity index (χ3n) is 5.41. The molecule has 3 nitrogen and oxygen atoms in total. The fourth-order valence-corrected chi connectivity index (χ4v) is 4.10. The molecule has 2 saturated heterocycles. The van der Waals surface area contributed by atoms with Crippen molar-refractivity contribution in [2.24, 2.45) is 11.8 Å². The van der Waals surface area contributed by atoms with Gasteiger partial charge in [-0.2, -0.15) is 0 Å². The minimum absolute atomic E-state index is 0.0753. The van der Waals surface area contributed by atoms with Crippen molar-refractivity contribution in [2.45, 2.75) is 58.5 Å². The average molecular weight is 318 g/mol. The normalized spacial score (nSPS) is 26.9. The van der Waals surface area contributed by atoms with Gasteiger partial charge in [0.05, 0.1) is 5.92 Å². The Labute approximate surface area is 138 Å². The number of hydrogen-bond donors (Lipinski definition) is 1. The van der Waals surface area contributed by atoms with Gasteiger partial charge in [0.25, 0.3) is 0 Å². The van der Waals surface area contributed by atoms with Crippen LogP contribution >= 0.6 is 0 Å². The highest BCUT2D eigenvalue weighted by Gasteiger charge is 2.48. The first-order valence-corrected chi connectivity index (χ1v) is 8.78. The lowest BCUT2D eigenvalue weighted by Crippen LogP contribution is -2.36. The van der Waals surface area contributed by atoms with E-state index in [4.69, 9.17) is 0 Å². The van der Waals surface area contributed by atoms with E-state index in [0.717, 1.165) is 19.4 Å². The molecule has 0 spiro atoms. The van der Waals surface area contributed by atoms with Gasteiger partial charge in [0.2, 0.25) is 5.91 Å². The number of benzene rings is 1. The number of carbonyl (C=O) groups is 1. The zero-order valence-corrected chi connectivity index (χ0v) is 14.3. The van der Waals surface area contributed by atoms with Crippen LogP contribution in [-0.2, 0) is 4.79 Å². The second-order valence-electron chi connectivity index (χ2n) is 7.51. The Balaban J connectivity index is 1.63. The third-order valence-corrected chi connectivity index (χ3v) is 5.41. The molecule has 23 heavy (non-hydrogen) atoms. The quantitative estimate of drug-likeness (QED) is 0.891. The topological polar surface area (TPSA) is 32.3 Å². The van der Waals surface area contributed by atoms with Crippen LogP contribution in [0.2, 0.25) is 0 Å². The highest BCUT2D eigenvalue weighted by Crippen LogP contribution is 2.42. The summed E-state index contributed by atoms with van der Waals surface area (Å²) >= 11 is 0. The van der Waals surface area contributed by atoms with Crippen molar-refractivity contribution in [3.05, 3.63) is 29.6 Å². The molecule has 2 aliphatic heterocycles. The van der Waals surface area contributed by atoms with Crippen molar-refractivity contribution in [2.75, 3.05) is 11.9 Å².